The minimum absolute atomic E-state index is 0.0768. The molecule has 0 amide bonds. The molecule has 2 rings (SSSR count). The zero-order valence-corrected chi connectivity index (χ0v) is 22.4. The van der Waals surface area contributed by atoms with Crippen LogP contribution in [-0.4, -0.2) is 35.7 Å². The quantitative estimate of drug-likeness (QED) is 0.244. The summed E-state index contributed by atoms with van der Waals surface area (Å²) in [4.78, 5) is 15.1. The number of anilines is 1. The minimum Gasteiger partial charge on any atom is -0.481 e. The molecule has 3 N–H and O–H groups in total. The van der Waals surface area contributed by atoms with Gasteiger partial charge < -0.3 is 15.7 Å². The molecule has 0 aliphatic heterocycles. The van der Waals surface area contributed by atoms with E-state index in [9.17, 15) is 4.79 Å². The molecule has 1 aromatic carbocycles. The Bertz CT molecular complexity index is 803. The smallest absolute Gasteiger partial charge is 0.307 e. The fraction of sp³-hybridized carbons (Fsp3) is 0.448. The maximum Gasteiger partial charge on any atom is 0.307 e. The molecular weight excluding hydrogens is 422 g/mol. The predicted octanol–water partition coefficient (Wildman–Crippen LogP) is 7.01. The lowest BCUT2D eigenvalue weighted by atomic mass is 9.98. The minimum atomic E-state index is -0.792. The van der Waals surface area contributed by atoms with Crippen molar-refractivity contribution in [2.45, 2.75) is 67.2 Å². The van der Waals surface area contributed by atoms with Gasteiger partial charge in [0, 0.05) is 19.3 Å². The van der Waals surface area contributed by atoms with Crippen molar-refractivity contribution in [2.24, 2.45) is 0 Å². The van der Waals surface area contributed by atoms with Crippen LogP contribution in [0.3, 0.4) is 0 Å². The van der Waals surface area contributed by atoms with E-state index in [0.29, 0.717) is 5.92 Å². The van der Waals surface area contributed by atoms with Gasteiger partial charge in [0.05, 0.1) is 17.8 Å². The first-order valence-corrected chi connectivity index (χ1v) is 12.4. The maximum absolute atomic E-state index is 10.8. The SMILES string of the molecule is C=C/C=C\C.CC.CC.Cc1ncccc1NCCCNCC(C)c1cccc(CC(=O)O)c1. The molecule has 34 heavy (non-hydrogen) atoms. The fourth-order valence-electron chi connectivity index (χ4n) is 2.86. The average molecular weight is 470 g/mol. The Balaban J connectivity index is 0. The van der Waals surface area contributed by atoms with Crippen LogP contribution in [0.25, 0.3) is 0 Å². The second kappa shape index (κ2) is 23.2. The fourth-order valence-corrected chi connectivity index (χ4v) is 2.86. The van der Waals surface area contributed by atoms with Crippen LogP contribution in [0.5, 0.6) is 0 Å². The molecule has 190 valence electrons. The second-order valence-electron chi connectivity index (χ2n) is 7.10. The summed E-state index contributed by atoms with van der Waals surface area (Å²) >= 11 is 0. The van der Waals surface area contributed by atoms with Crippen molar-refractivity contribution >= 4 is 11.7 Å². The van der Waals surface area contributed by atoms with Gasteiger partial charge in [-0.2, -0.15) is 0 Å². The molecule has 0 aliphatic rings. The van der Waals surface area contributed by atoms with E-state index in [2.05, 4.69) is 35.2 Å². The van der Waals surface area contributed by atoms with Crippen LogP contribution in [0, 0.1) is 6.92 Å². The van der Waals surface area contributed by atoms with Crippen LogP contribution in [0.15, 0.2) is 67.4 Å². The van der Waals surface area contributed by atoms with E-state index in [0.717, 1.165) is 43.0 Å². The summed E-state index contributed by atoms with van der Waals surface area (Å²) in [6.45, 7) is 20.3. The molecule has 1 unspecified atom stereocenters. The Kier molecular flexibility index (Phi) is 22.7. The van der Waals surface area contributed by atoms with Gasteiger partial charge in [0.15, 0.2) is 0 Å². The zero-order chi connectivity index (χ0) is 26.2. The standard InChI is InChI=1S/C20H27N3O2.C5H8.2C2H6/c1-15(18-7-3-6-17(12-18)13-20(24)25)14-21-9-5-11-23-19-8-4-10-22-16(19)2;1-3-5-4-2;2*1-2/h3-4,6-8,10,12,15,21,23H,5,9,11,13-14H2,1-2H3,(H,24,25);3-5H,1H2,2H3;2*1-2H3/b;5-4-;;. The van der Waals surface area contributed by atoms with E-state index < -0.39 is 5.97 Å². The van der Waals surface area contributed by atoms with E-state index in [1.165, 1.54) is 5.56 Å². The third kappa shape index (κ3) is 16.7. The molecule has 1 heterocycles. The number of nitrogens with zero attached hydrogens (tertiary/aromatic N) is 1. The number of carbonyl (C=O) groups is 1. The Hall–Kier alpha value is -2.92. The second-order valence-corrected chi connectivity index (χ2v) is 7.10. The van der Waals surface area contributed by atoms with Crippen LogP contribution >= 0.6 is 0 Å². The van der Waals surface area contributed by atoms with Crippen molar-refractivity contribution in [3.05, 3.63) is 84.2 Å². The summed E-state index contributed by atoms with van der Waals surface area (Å²) in [5.74, 6) is -0.443. The van der Waals surface area contributed by atoms with Crippen molar-refractivity contribution in [3.8, 4) is 0 Å². The van der Waals surface area contributed by atoms with Crippen molar-refractivity contribution in [1.82, 2.24) is 10.3 Å². The number of hydrogen-bond donors (Lipinski definition) is 3. The maximum atomic E-state index is 10.8. The molecule has 0 radical (unpaired) electrons. The first kappa shape index (κ1) is 33.3. The van der Waals surface area contributed by atoms with Gasteiger partial charge in [-0.1, -0.05) is 83.7 Å². The number of carboxylic acids is 1. The van der Waals surface area contributed by atoms with Gasteiger partial charge in [-0.15, -0.1) is 0 Å². The first-order chi connectivity index (χ1) is 16.5. The summed E-state index contributed by atoms with van der Waals surface area (Å²) in [5.41, 5.74) is 4.14. The number of rotatable bonds is 11. The van der Waals surface area contributed by atoms with Crippen molar-refractivity contribution < 1.29 is 9.90 Å². The van der Waals surface area contributed by atoms with Gasteiger partial charge in [-0.05, 0) is 56.0 Å². The average Bonchev–Trinajstić information content (AvgIpc) is 2.85. The number of aromatic nitrogens is 1. The van der Waals surface area contributed by atoms with Gasteiger partial charge in [0.1, 0.15) is 0 Å². The van der Waals surface area contributed by atoms with E-state index in [1.54, 1.807) is 12.3 Å². The van der Waals surface area contributed by atoms with Gasteiger partial charge in [-0.25, -0.2) is 0 Å². The van der Waals surface area contributed by atoms with E-state index in [-0.39, 0.29) is 6.42 Å². The first-order valence-electron chi connectivity index (χ1n) is 12.4. The molecule has 0 saturated carbocycles. The number of aliphatic carboxylic acids is 1. The Morgan fingerprint density at radius 1 is 1.15 bits per heavy atom. The van der Waals surface area contributed by atoms with Crippen molar-refractivity contribution in [3.63, 3.8) is 0 Å². The number of allylic oxidation sites excluding steroid dienone is 3. The molecule has 5 heteroatoms. The lowest BCUT2D eigenvalue weighted by Crippen LogP contribution is -2.23. The number of benzene rings is 1. The topological polar surface area (TPSA) is 74.2 Å². The summed E-state index contributed by atoms with van der Waals surface area (Å²) < 4.78 is 0. The van der Waals surface area contributed by atoms with Gasteiger partial charge in [0.2, 0.25) is 0 Å². The van der Waals surface area contributed by atoms with Gasteiger partial charge >= 0.3 is 5.97 Å². The number of hydrogen-bond acceptors (Lipinski definition) is 4. The highest BCUT2D eigenvalue weighted by Crippen LogP contribution is 2.16. The van der Waals surface area contributed by atoms with Crippen LogP contribution in [-0.2, 0) is 11.2 Å². The molecule has 0 bridgehead atoms. The Morgan fingerprint density at radius 2 is 1.85 bits per heavy atom. The molecular formula is C29H47N3O2. The molecule has 2 aromatic rings. The predicted molar refractivity (Wildman–Crippen MR) is 149 cm³/mol. The largest absolute Gasteiger partial charge is 0.481 e. The summed E-state index contributed by atoms with van der Waals surface area (Å²) in [6.07, 6.45) is 8.48. The van der Waals surface area contributed by atoms with E-state index in [4.69, 9.17) is 5.11 Å². The van der Waals surface area contributed by atoms with Crippen LogP contribution in [0.1, 0.15) is 70.7 Å². The third-order valence-corrected chi connectivity index (χ3v) is 4.51. The lowest BCUT2D eigenvalue weighted by molar-refractivity contribution is -0.136. The molecule has 0 saturated heterocycles. The zero-order valence-electron chi connectivity index (χ0n) is 22.4. The summed E-state index contributed by atoms with van der Waals surface area (Å²) in [6, 6.07) is 11.8. The van der Waals surface area contributed by atoms with Crippen LogP contribution in [0.2, 0.25) is 0 Å². The number of carboxylic acid groups (broad SMARTS) is 1. The molecule has 1 aromatic heterocycles. The normalized spacial score (nSPS) is 10.4. The Labute approximate surface area is 208 Å². The third-order valence-electron chi connectivity index (χ3n) is 4.51. The number of nitrogens with one attached hydrogen (secondary N) is 2. The van der Waals surface area contributed by atoms with Crippen LogP contribution in [0.4, 0.5) is 5.69 Å². The highest BCUT2D eigenvalue weighted by molar-refractivity contribution is 5.70. The number of aryl methyl sites for hydroxylation is 1. The Morgan fingerprint density at radius 3 is 2.41 bits per heavy atom. The molecule has 0 spiro atoms. The monoisotopic (exact) mass is 469 g/mol. The highest BCUT2D eigenvalue weighted by Gasteiger charge is 2.07. The van der Waals surface area contributed by atoms with Gasteiger partial charge in [-0.3, -0.25) is 9.78 Å². The highest BCUT2D eigenvalue weighted by atomic mass is 16.4. The van der Waals surface area contributed by atoms with E-state index >= 15 is 0 Å². The molecule has 0 aliphatic carbocycles. The molecule has 1 atom stereocenters. The number of pyridine rings is 1. The van der Waals surface area contributed by atoms with E-state index in [1.807, 2.05) is 84.0 Å². The van der Waals surface area contributed by atoms with Crippen molar-refractivity contribution in [2.75, 3.05) is 25.0 Å². The lowest BCUT2D eigenvalue weighted by Gasteiger charge is -2.14. The summed E-state index contributed by atoms with van der Waals surface area (Å²) in [7, 11) is 0. The van der Waals surface area contributed by atoms with Crippen molar-refractivity contribution in [1.29, 1.82) is 0 Å². The molecule has 5 nitrogen and oxygen atoms in total. The molecule has 0 fully saturated rings. The summed E-state index contributed by atoms with van der Waals surface area (Å²) in [5, 5.41) is 15.8. The van der Waals surface area contributed by atoms with Gasteiger partial charge in [0.25, 0.3) is 0 Å². The van der Waals surface area contributed by atoms with Crippen LogP contribution < -0.4 is 10.6 Å².